The Morgan fingerprint density at radius 3 is 2.50 bits per heavy atom. The van der Waals surface area contributed by atoms with Crippen LogP contribution in [0.3, 0.4) is 0 Å². The largest absolute Gasteiger partial charge is 0.368 e. The molecule has 1 N–H and O–H groups in total. The van der Waals surface area contributed by atoms with Crippen LogP contribution in [0.1, 0.15) is 46.6 Å². The van der Waals surface area contributed by atoms with Gasteiger partial charge in [0.05, 0.1) is 10.7 Å². The van der Waals surface area contributed by atoms with Gasteiger partial charge in [0, 0.05) is 19.1 Å². The Bertz CT molecular complexity index is 427. The molecule has 0 aliphatic heterocycles. The van der Waals surface area contributed by atoms with E-state index in [1.165, 1.54) is 5.56 Å². The summed E-state index contributed by atoms with van der Waals surface area (Å²) in [6.07, 6.45) is 1.08. The maximum Gasteiger partial charge on any atom is 0.0642 e. The predicted molar refractivity (Wildman–Crippen MR) is 90.8 cm³/mol. The lowest BCUT2D eigenvalue weighted by molar-refractivity contribution is 0.468. The summed E-state index contributed by atoms with van der Waals surface area (Å²) in [5, 5.41) is 4.34. The van der Waals surface area contributed by atoms with Crippen molar-refractivity contribution in [2.24, 2.45) is 5.92 Å². The molecule has 0 bridgehead atoms. The Kier molecular flexibility index (Phi) is 6.35. The van der Waals surface area contributed by atoms with Gasteiger partial charge in [-0.15, -0.1) is 0 Å². The molecular weight excluding hydrogens is 268 g/mol. The molecule has 1 aromatic rings. The lowest BCUT2D eigenvalue weighted by Crippen LogP contribution is -2.41. The summed E-state index contributed by atoms with van der Waals surface area (Å²) >= 11 is 6.46. The van der Waals surface area contributed by atoms with Crippen molar-refractivity contribution < 1.29 is 0 Å². The lowest BCUT2D eigenvalue weighted by Gasteiger charge is -2.38. The molecule has 0 spiro atoms. The van der Waals surface area contributed by atoms with E-state index in [0.717, 1.165) is 30.2 Å². The van der Waals surface area contributed by atoms with Crippen molar-refractivity contribution in [2.45, 2.75) is 53.1 Å². The second kappa shape index (κ2) is 7.33. The van der Waals surface area contributed by atoms with Crippen LogP contribution in [0.15, 0.2) is 18.2 Å². The summed E-state index contributed by atoms with van der Waals surface area (Å²) in [5.74, 6) is 0.655. The maximum atomic E-state index is 6.46. The Hall–Kier alpha value is -0.730. The van der Waals surface area contributed by atoms with Gasteiger partial charge in [0.2, 0.25) is 0 Å². The number of nitrogens with one attached hydrogen (secondary N) is 1. The standard InChI is InChI=1S/C17H29ClN2/c1-7-17(4,5)20(6)16-14(9-8-10-15(16)18)12-19-11-13(2)3/h8-10,13,19H,7,11-12H2,1-6H3. The van der Waals surface area contributed by atoms with Crippen LogP contribution in [0.5, 0.6) is 0 Å². The SMILES string of the molecule is CCC(C)(C)N(C)c1c(Cl)cccc1CNCC(C)C. The molecule has 0 atom stereocenters. The molecule has 1 aromatic carbocycles. The van der Waals surface area contributed by atoms with Crippen molar-refractivity contribution in [1.29, 1.82) is 0 Å². The molecule has 0 saturated carbocycles. The van der Waals surface area contributed by atoms with Crippen LogP contribution in [0.25, 0.3) is 0 Å². The average Bonchev–Trinajstić information content (AvgIpc) is 2.37. The van der Waals surface area contributed by atoms with E-state index in [0.29, 0.717) is 5.92 Å². The van der Waals surface area contributed by atoms with Gasteiger partial charge >= 0.3 is 0 Å². The molecule has 20 heavy (non-hydrogen) atoms. The molecule has 0 amide bonds. The van der Waals surface area contributed by atoms with Crippen LogP contribution in [0, 0.1) is 5.92 Å². The summed E-state index contributed by atoms with van der Waals surface area (Å²) in [7, 11) is 2.14. The van der Waals surface area contributed by atoms with E-state index in [-0.39, 0.29) is 5.54 Å². The van der Waals surface area contributed by atoms with Crippen molar-refractivity contribution in [3.05, 3.63) is 28.8 Å². The lowest BCUT2D eigenvalue weighted by atomic mass is 9.98. The smallest absolute Gasteiger partial charge is 0.0642 e. The van der Waals surface area contributed by atoms with Crippen LogP contribution in [0.2, 0.25) is 5.02 Å². The van der Waals surface area contributed by atoms with E-state index in [9.17, 15) is 0 Å². The molecule has 3 heteroatoms. The zero-order valence-electron chi connectivity index (χ0n) is 13.8. The van der Waals surface area contributed by atoms with Crippen molar-refractivity contribution in [3.8, 4) is 0 Å². The first-order valence-electron chi connectivity index (χ1n) is 7.51. The Balaban J connectivity index is 2.99. The molecule has 0 radical (unpaired) electrons. The van der Waals surface area contributed by atoms with Gasteiger partial charge in [-0.25, -0.2) is 0 Å². The first-order valence-corrected chi connectivity index (χ1v) is 7.89. The van der Waals surface area contributed by atoms with Crippen LogP contribution in [0.4, 0.5) is 5.69 Å². The zero-order chi connectivity index (χ0) is 15.3. The fraction of sp³-hybridized carbons (Fsp3) is 0.647. The topological polar surface area (TPSA) is 15.3 Å². The minimum absolute atomic E-state index is 0.0950. The Morgan fingerprint density at radius 1 is 1.30 bits per heavy atom. The first-order chi connectivity index (χ1) is 9.29. The van der Waals surface area contributed by atoms with Gasteiger partial charge in [0.1, 0.15) is 0 Å². The summed E-state index contributed by atoms with van der Waals surface area (Å²) in [6.45, 7) is 13.0. The first kappa shape index (κ1) is 17.3. The molecule has 0 aliphatic rings. The van der Waals surface area contributed by atoms with Crippen molar-refractivity contribution >= 4 is 17.3 Å². The van der Waals surface area contributed by atoms with Gasteiger partial charge in [-0.3, -0.25) is 0 Å². The minimum Gasteiger partial charge on any atom is -0.368 e. The average molecular weight is 297 g/mol. The normalized spacial score (nSPS) is 12.0. The molecule has 0 unspecified atom stereocenters. The number of rotatable bonds is 7. The number of anilines is 1. The zero-order valence-corrected chi connectivity index (χ0v) is 14.5. The van der Waals surface area contributed by atoms with Gasteiger partial charge in [0.25, 0.3) is 0 Å². The van der Waals surface area contributed by atoms with Gasteiger partial charge in [-0.05, 0) is 44.4 Å². The van der Waals surface area contributed by atoms with Gasteiger partial charge in [-0.2, -0.15) is 0 Å². The van der Waals surface area contributed by atoms with E-state index in [1.807, 2.05) is 12.1 Å². The van der Waals surface area contributed by atoms with E-state index >= 15 is 0 Å². The molecule has 0 fully saturated rings. The maximum absolute atomic E-state index is 6.46. The summed E-state index contributed by atoms with van der Waals surface area (Å²) in [6, 6.07) is 6.17. The van der Waals surface area contributed by atoms with Gasteiger partial charge in [-0.1, -0.05) is 44.5 Å². The summed E-state index contributed by atoms with van der Waals surface area (Å²) < 4.78 is 0. The fourth-order valence-corrected chi connectivity index (χ4v) is 2.43. The molecule has 114 valence electrons. The molecule has 0 saturated heterocycles. The van der Waals surface area contributed by atoms with Crippen molar-refractivity contribution in [1.82, 2.24) is 5.32 Å². The fourth-order valence-electron chi connectivity index (χ4n) is 2.11. The van der Waals surface area contributed by atoms with Crippen LogP contribution in [-0.4, -0.2) is 19.1 Å². The number of hydrogen-bond acceptors (Lipinski definition) is 2. The summed E-state index contributed by atoms with van der Waals surface area (Å²) in [4.78, 5) is 2.31. The molecule has 1 rings (SSSR count). The molecule has 0 heterocycles. The second-order valence-corrected chi connectivity index (χ2v) is 6.90. The van der Waals surface area contributed by atoms with Gasteiger partial charge < -0.3 is 10.2 Å². The predicted octanol–water partition coefficient (Wildman–Crippen LogP) is 4.71. The third kappa shape index (κ3) is 4.39. The third-order valence-electron chi connectivity index (χ3n) is 4.05. The van der Waals surface area contributed by atoms with E-state index in [1.54, 1.807) is 0 Å². The summed E-state index contributed by atoms with van der Waals surface area (Å²) in [5.41, 5.74) is 2.51. The van der Waals surface area contributed by atoms with E-state index in [4.69, 9.17) is 11.6 Å². The molecule has 0 aliphatic carbocycles. The number of benzene rings is 1. The number of hydrogen-bond donors (Lipinski definition) is 1. The highest BCUT2D eigenvalue weighted by Crippen LogP contribution is 2.34. The Morgan fingerprint density at radius 2 is 1.95 bits per heavy atom. The van der Waals surface area contributed by atoms with Crippen LogP contribution < -0.4 is 10.2 Å². The molecule has 2 nitrogen and oxygen atoms in total. The minimum atomic E-state index is 0.0950. The Labute approximate surface area is 129 Å². The molecular formula is C17H29ClN2. The number of nitrogens with zero attached hydrogens (tertiary/aromatic N) is 1. The van der Waals surface area contributed by atoms with Crippen molar-refractivity contribution in [3.63, 3.8) is 0 Å². The number of halogens is 1. The van der Waals surface area contributed by atoms with E-state index in [2.05, 4.69) is 57.9 Å². The van der Waals surface area contributed by atoms with Crippen LogP contribution >= 0.6 is 11.6 Å². The quantitative estimate of drug-likeness (QED) is 0.784. The highest BCUT2D eigenvalue weighted by Gasteiger charge is 2.24. The van der Waals surface area contributed by atoms with E-state index < -0.39 is 0 Å². The second-order valence-electron chi connectivity index (χ2n) is 6.50. The van der Waals surface area contributed by atoms with Crippen LogP contribution in [-0.2, 0) is 6.54 Å². The molecule has 0 aromatic heterocycles. The third-order valence-corrected chi connectivity index (χ3v) is 4.35. The number of para-hydroxylation sites is 1. The van der Waals surface area contributed by atoms with Gasteiger partial charge in [0.15, 0.2) is 0 Å². The highest BCUT2D eigenvalue weighted by molar-refractivity contribution is 6.33. The monoisotopic (exact) mass is 296 g/mol. The highest BCUT2D eigenvalue weighted by atomic mass is 35.5. The van der Waals surface area contributed by atoms with Crippen molar-refractivity contribution in [2.75, 3.05) is 18.5 Å².